The number of carbonyl (C=O) groups excluding carboxylic acids is 1. The minimum atomic E-state index is -0.565. The van der Waals surface area contributed by atoms with Crippen LogP contribution < -0.4 is 10.5 Å². The molecule has 17 heavy (non-hydrogen) atoms. The summed E-state index contributed by atoms with van der Waals surface area (Å²) in [7, 11) is 0. The third-order valence-electron chi connectivity index (χ3n) is 2.17. The number of ether oxygens (including phenoxy) is 1. The molecule has 0 unspecified atom stereocenters. The summed E-state index contributed by atoms with van der Waals surface area (Å²) in [5, 5.41) is 10.8. The molecule has 0 fully saturated rings. The van der Waals surface area contributed by atoms with Crippen molar-refractivity contribution in [2.75, 3.05) is 13.2 Å². The molecule has 0 aliphatic rings. The first kappa shape index (κ1) is 13.1. The van der Waals surface area contributed by atoms with E-state index in [2.05, 4.69) is 0 Å². The molecule has 0 aromatic heterocycles. The highest BCUT2D eigenvalue weighted by Crippen LogP contribution is 2.28. The number of ketones is 1. The van der Waals surface area contributed by atoms with Crippen molar-refractivity contribution in [2.24, 2.45) is 5.73 Å². The quantitative estimate of drug-likeness (QED) is 0.351. The summed E-state index contributed by atoms with van der Waals surface area (Å²) in [5.74, 6) is -0.0601. The van der Waals surface area contributed by atoms with Crippen LogP contribution in [0.15, 0.2) is 18.2 Å². The molecule has 0 radical (unpaired) electrons. The molecule has 0 heterocycles. The highest BCUT2D eigenvalue weighted by atomic mass is 16.6. The standard InChI is InChI=1S/C11H14N2O4/c1-8(14)9-3-4-11(17-6-2-5-12)10(7-9)13(15)16/h3-4,7H,2,5-6,12H2,1H3. The van der Waals surface area contributed by atoms with Gasteiger partial charge in [0.05, 0.1) is 11.5 Å². The minimum Gasteiger partial charge on any atom is -0.487 e. The molecule has 1 rings (SSSR count). The van der Waals surface area contributed by atoms with E-state index >= 15 is 0 Å². The van der Waals surface area contributed by atoms with Crippen LogP contribution in [0.2, 0.25) is 0 Å². The van der Waals surface area contributed by atoms with E-state index in [1.807, 2.05) is 0 Å². The van der Waals surface area contributed by atoms with Gasteiger partial charge in [-0.2, -0.15) is 0 Å². The van der Waals surface area contributed by atoms with E-state index in [0.29, 0.717) is 25.1 Å². The van der Waals surface area contributed by atoms with Gasteiger partial charge in [0.2, 0.25) is 0 Å². The Kier molecular flexibility index (Phi) is 4.59. The zero-order chi connectivity index (χ0) is 12.8. The molecule has 1 aromatic rings. The summed E-state index contributed by atoms with van der Waals surface area (Å²) >= 11 is 0. The third-order valence-corrected chi connectivity index (χ3v) is 2.17. The number of nitro benzene ring substituents is 1. The van der Waals surface area contributed by atoms with Gasteiger partial charge in [0.15, 0.2) is 11.5 Å². The van der Waals surface area contributed by atoms with Crippen molar-refractivity contribution < 1.29 is 14.5 Å². The van der Waals surface area contributed by atoms with Crippen molar-refractivity contribution >= 4 is 11.5 Å². The smallest absolute Gasteiger partial charge is 0.311 e. The molecule has 0 saturated heterocycles. The normalized spacial score (nSPS) is 10.0. The molecule has 0 spiro atoms. The Morgan fingerprint density at radius 2 is 2.24 bits per heavy atom. The van der Waals surface area contributed by atoms with Crippen LogP contribution >= 0.6 is 0 Å². The maximum absolute atomic E-state index is 11.1. The summed E-state index contributed by atoms with van der Waals surface area (Å²) < 4.78 is 5.24. The number of Topliss-reactive ketones (excluding diaryl/α,β-unsaturated/α-hetero) is 1. The second-order valence-corrected chi connectivity index (χ2v) is 3.49. The highest BCUT2D eigenvalue weighted by Gasteiger charge is 2.17. The fourth-order valence-electron chi connectivity index (χ4n) is 1.27. The molecular formula is C11H14N2O4. The van der Waals surface area contributed by atoms with Gasteiger partial charge >= 0.3 is 5.69 Å². The van der Waals surface area contributed by atoms with Crippen molar-refractivity contribution in [3.05, 3.63) is 33.9 Å². The lowest BCUT2D eigenvalue weighted by Gasteiger charge is -2.06. The number of hydrogen-bond acceptors (Lipinski definition) is 5. The van der Waals surface area contributed by atoms with Gasteiger partial charge in [-0.15, -0.1) is 0 Å². The van der Waals surface area contributed by atoms with E-state index < -0.39 is 4.92 Å². The highest BCUT2D eigenvalue weighted by molar-refractivity contribution is 5.95. The first-order valence-corrected chi connectivity index (χ1v) is 5.18. The summed E-state index contributed by atoms with van der Waals surface area (Å²) in [5.41, 5.74) is 5.39. The molecule has 6 nitrogen and oxygen atoms in total. The van der Waals surface area contributed by atoms with E-state index in [1.54, 1.807) is 0 Å². The molecule has 2 N–H and O–H groups in total. The van der Waals surface area contributed by atoms with Gasteiger partial charge < -0.3 is 10.5 Å². The molecule has 1 aromatic carbocycles. The average Bonchev–Trinajstić information content (AvgIpc) is 2.29. The summed E-state index contributed by atoms with van der Waals surface area (Å²) in [6.07, 6.45) is 0.617. The van der Waals surface area contributed by atoms with Crippen LogP contribution in [-0.2, 0) is 0 Å². The van der Waals surface area contributed by atoms with Gasteiger partial charge in [0, 0.05) is 11.6 Å². The molecule has 0 aliphatic carbocycles. The number of benzene rings is 1. The van der Waals surface area contributed by atoms with Crippen LogP contribution in [0.1, 0.15) is 23.7 Å². The Labute approximate surface area is 98.5 Å². The molecule has 0 bridgehead atoms. The fraction of sp³-hybridized carbons (Fsp3) is 0.364. The van der Waals surface area contributed by atoms with Crippen LogP contribution in [0.3, 0.4) is 0 Å². The third kappa shape index (κ3) is 3.53. The van der Waals surface area contributed by atoms with Crippen LogP contribution in [-0.4, -0.2) is 23.9 Å². The van der Waals surface area contributed by atoms with Gasteiger partial charge in [-0.25, -0.2) is 0 Å². The Balaban J connectivity index is 2.96. The molecule has 0 atom stereocenters. The van der Waals surface area contributed by atoms with Gasteiger partial charge in [0.25, 0.3) is 0 Å². The average molecular weight is 238 g/mol. The van der Waals surface area contributed by atoms with E-state index in [4.69, 9.17) is 10.5 Å². The minimum absolute atomic E-state index is 0.161. The van der Waals surface area contributed by atoms with Crippen molar-refractivity contribution in [1.82, 2.24) is 0 Å². The zero-order valence-corrected chi connectivity index (χ0v) is 9.51. The number of carbonyl (C=O) groups is 1. The van der Waals surface area contributed by atoms with E-state index in [9.17, 15) is 14.9 Å². The Hall–Kier alpha value is -1.95. The first-order chi connectivity index (χ1) is 8.06. The van der Waals surface area contributed by atoms with Gasteiger partial charge in [-0.05, 0) is 32.0 Å². The maximum atomic E-state index is 11.1. The maximum Gasteiger partial charge on any atom is 0.311 e. The van der Waals surface area contributed by atoms with E-state index in [1.165, 1.54) is 25.1 Å². The topological polar surface area (TPSA) is 95.5 Å². The summed E-state index contributed by atoms with van der Waals surface area (Å²) in [6, 6.07) is 4.17. The molecule has 6 heteroatoms. The monoisotopic (exact) mass is 238 g/mol. The molecular weight excluding hydrogens is 224 g/mol. The Morgan fingerprint density at radius 1 is 1.53 bits per heavy atom. The Bertz CT molecular complexity index is 431. The van der Waals surface area contributed by atoms with Crippen molar-refractivity contribution in [3.63, 3.8) is 0 Å². The fourth-order valence-corrected chi connectivity index (χ4v) is 1.27. The molecule has 0 saturated carbocycles. The van der Waals surface area contributed by atoms with Crippen LogP contribution in [0.4, 0.5) is 5.69 Å². The van der Waals surface area contributed by atoms with Crippen molar-refractivity contribution in [2.45, 2.75) is 13.3 Å². The predicted molar refractivity (Wildman–Crippen MR) is 62.3 cm³/mol. The summed E-state index contributed by atoms with van der Waals surface area (Å²) in [4.78, 5) is 21.4. The van der Waals surface area contributed by atoms with Crippen LogP contribution in [0, 0.1) is 10.1 Å². The second-order valence-electron chi connectivity index (χ2n) is 3.49. The second kappa shape index (κ2) is 5.95. The number of nitrogens with two attached hydrogens (primary N) is 1. The van der Waals surface area contributed by atoms with Crippen LogP contribution in [0.5, 0.6) is 5.75 Å². The lowest BCUT2D eigenvalue weighted by molar-refractivity contribution is -0.385. The zero-order valence-electron chi connectivity index (χ0n) is 9.51. The lowest BCUT2D eigenvalue weighted by Crippen LogP contribution is -2.07. The Morgan fingerprint density at radius 3 is 2.76 bits per heavy atom. The molecule has 0 amide bonds. The van der Waals surface area contributed by atoms with Crippen molar-refractivity contribution in [1.29, 1.82) is 0 Å². The number of rotatable bonds is 6. The van der Waals surface area contributed by atoms with Crippen molar-refractivity contribution in [3.8, 4) is 5.75 Å². The SMILES string of the molecule is CC(=O)c1ccc(OCCCN)c([N+](=O)[O-])c1. The van der Waals surface area contributed by atoms with E-state index in [0.717, 1.165) is 0 Å². The predicted octanol–water partition coefficient (Wildman–Crippen LogP) is 1.52. The molecule has 92 valence electrons. The first-order valence-electron chi connectivity index (χ1n) is 5.18. The van der Waals surface area contributed by atoms with E-state index in [-0.39, 0.29) is 17.2 Å². The largest absolute Gasteiger partial charge is 0.487 e. The van der Waals surface area contributed by atoms with Gasteiger partial charge in [0.1, 0.15) is 0 Å². The lowest BCUT2D eigenvalue weighted by atomic mass is 10.1. The van der Waals surface area contributed by atoms with Gasteiger partial charge in [-0.3, -0.25) is 14.9 Å². The number of hydrogen-bond donors (Lipinski definition) is 1. The summed E-state index contributed by atoms with van der Waals surface area (Å²) in [6.45, 7) is 2.13. The molecule has 0 aliphatic heterocycles. The number of nitrogens with zero attached hydrogens (tertiary/aromatic N) is 1. The van der Waals surface area contributed by atoms with Crippen LogP contribution in [0.25, 0.3) is 0 Å². The van der Waals surface area contributed by atoms with Gasteiger partial charge in [-0.1, -0.05) is 0 Å². The number of nitro groups is 1.